The maximum atomic E-state index is 12.0. The molecule has 2 rings (SSSR count). The maximum absolute atomic E-state index is 12.0. The predicted molar refractivity (Wildman–Crippen MR) is 91.0 cm³/mol. The molecule has 1 saturated heterocycles. The number of aliphatic hydroxyl groups is 2. The van der Waals surface area contributed by atoms with Crippen molar-refractivity contribution < 1.29 is 175 Å². The molecule has 0 spiro atoms. The van der Waals surface area contributed by atoms with Gasteiger partial charge in [0.05, 0.1) is 25.8 Å². The zero-order valence-electron chi connectivity index (χ0n) is 18.7. The minimum Gasteiger partial charge on any atom is -0.790 e. The van der Waals surface area contributed by atoms with Gasteiger partial charge in [-0.3, -0.25) is 18.0 Å². The SMILES string of the molecule is Cc1cn([C@@H]2S[C@H](COP(=O)([O-])OP(=O)([O-])OP(=O)([O-])[O-])[C@@H](O)[C@H]2O)c(=O)nc1N.[Na+].[Na+].[Na+].[Na+]. The molecular formula is C10H14N3Na4O13P3S. The molecule has 4 N–H and O–H groups in total. The van der Waals surface area contributed by atoms with Crippen LogP contribution >= 0.6 is 35.2 Å². The molecule has 6 atom stereocenters. The first kappa shape index (κ1) is 41.8. The Hall–Kier alpha value is 3.36. The number of nitrogens with two attached hydrogens (primary N) is 1. The first-order valence-electron chi connectivity index (χ1n) is 7.59. The van der Waals surface area contributed by atoms with Gasteiger partial charge in [-0.25, -0.2) is 9.11 Å². The Kier molecular flexibility index (Phi) is 20.4. The van der Waals surface area contributed by atoms with Crippen LogP contribution in [0.4, 0.5) is 5.82 Å². The predicted octanol–water partition coefficient (Wildman–Crippen LogP) is -15.7. The fourth-order valence-electron chi connectivity index (χ4n) is 2.31. The van der Waals surface area contributed by atoms with E-state index in [4.69, 9.17) is 5.73 Å². The molecule has 24 heteroatoms. The van der Waals surface area contributed by atoms with Crippen molar-refractivity contribution in [2.24, 2.45) is 0 Å². The van der Waals surface area contributed by atoms with E-state index >= 15 is 0 Å². The first-order valence-corrected chi connectivity index (χ1v) is 12.9. The van der Waals surface area contributed by atoms with Crippen LogP contribution in [-0.4, -0.2) is 43.8 Å². The molecule has 16 nitrogen and oxygen atoms in total. The smallest absolute Gasteiger partial charge is 0.790 e. The average Bonchev–Trinajstić information content (AvgIpc) is 2.81. The number of phosphoric ester groups is 1. The molecule has 0 bridgehead atoms. The van der Waals surface area contributed by atoms with Crippen molar-refractivity contribution in [3.8, 4) is 0 Å². The van der Waals surface area contributed by atoms with E-state index in [1.165, 1.54) is 13.1 Å². The van der Waals surface area contributed by atoms with Crippen LogP contribution in [-0.2, 0) is 26.8 Å². The Morgan fingerprint density at radius 2 is 1.59 bits per heavy atom. The second-order valence-electron chi connectivity index (χ2n) is 5.85. The molecule has 0 amide bonds. The Balaban J connectivity index is -0.00000240. The second kappa shape index (κ2) is 16.6. The van der Waals surface area contributed by atoms with Gasteiger partial charge < -0.3 is 44.6 Å². The fraction of sp³-hybridized carbons (Fsp3) is 0.600. The molecule has 34 heavy (non-hydrogen) atoms. The number of rotatable bonds is 8. The number of nitrogens with zero attached hydrogens (tertiary/aromatic N) is 2. The first-order chi connectivity index (χ1) is 13.5. The van der Waals surface area contributed by atoms with Gasteiger partial charge in [0.25, 0.3) is 15.6 Å². The summed E-state index contributed by atoms with van der Waals surface area (Å²) in [6.07, 6.45) is -1.96. The third-order valence-corrected chi connectivity index (χ3v) is 8.80. The Bertz CT molecular complexity index is 1010. The summed E-state index contributed by atoms with van der Waals surface area (Å²) < 4.78 is 44.6. The molecule has 1 aliphatic heterocycles. The Morgan fingerprint density at radius 3 is 2.09 bits per heavy atom. The number of phosphoric acid groups is 3. The zero-order chi connectivity index (χ0) is 23.1. The molecule has 172 valence electrons. The average molecular weight is 601 g/mol. The quantitative estimate of drug-likeness (QED) is 0.184. The van der Waals surface area contributed by atoms with Crippen molar-refractivity contribution in [3.05, 3.63) is 22.2 Å². The van der Waals surface area contributed by atoms with Gasteiger partial charge in [0.2, 0.25) is 0 Å². The van der Waals surface area contributed by atoms with Gasteiger partial charge in [-0.15, -0.1) is 11.8 Å². The summed E-state index contributed by atoms with van der Waals surface area (Å²) in [7, 11) is -18.0. The summed E-state index contributed by atoms with van der Waals surface area (Å²) in [6.45, 7) is 0.570. The summed E-state index contributed by atoms with van der Waals surface area (Å²) in [4.78, 5) is 58.8. The molecule has 1 fully saturated rings. The number of aliphatic hydroxyl groups excluding tert-OH is 2. The number of hydrogen-bond donors (Lipinski definition) is 3. The summed E-state index contributed by atoms with van der Waals surface area (Å²) in [5.41, 5.74) is 5.03. The fourth-order valence-corrected chi connectivity index (χ4v) is 6.72. The molecule has 1 aromatic rings. The Morgan fingerprint density at radius 1 is 1.06 bits per heavy atom. The summed E-state index contributed by atoms with van der Waals surface area (Å²) >= 11 is 0.696. The third-order valence-electron chi connectivity index (χ3n) is 3.58. The van der Waals surface area contributed by atoms with Crippen LogP contribution in [0.5, 0.6) is 0 Å². The van der Waals surface area contributed by atoms with E-state index in [-0.39, 0.29) is 124 Å². The van der Waals surface area contributed by atoms with Crippen LogP contribution in [0.3, 0.4) is 0 Å². The number of aromatic nitrogens is 2. The number of nitrogen functional groups attached to an aromatic ring is 1. The van der Waals surface area contributed by atoms with Gasteiger partial charge in [0.15, 0.2) is 0 Å². The van der Waals surface area contributed by atoms with Gasteiger partial charge in [-0.2, -0.15) is 4.98 Å². The summed E-state index contributed by atoms with van der Waals surface area (Å²) in [5.74, 6) is -0.0522. The number of thioether (sulfide) groups is 1. The molecule has 1 aromatic heterocycles. The van der Waals surface area contributed by atoms with E-state index in [1.54, 1.807) is 0 Å². The van der Waals surface area contributed by atoms with E-state index in [1.807, 2.05) is 0 Å². The third kappa shape index (κ3) is 12.7. The number of anilines is 1. The standard InChI is InChI=1S/C10H18N3O13P3S.4Na/c1-4-2-13(10(16)12-8(4)11)9-7(15)6(14)5(30-9)3-24-28(20,21)26-29(22,23)25-27(17,18)19;;;;/h2,5-7,9,14-15H,3H2,1H3,(H,20,21)(H,22,23)(H2,11,12,16)(H2,17,18,19);;;;/q;4*+1/p-4/t5-,6-,7-,9-;;;;/m1..../s1. The van der Waals surface area contributed by atoms with Crippen LogP contribution in [0.2, 0.25) is 0 Å². The molecule has 0 saturated carbocycles. The van der Waals surface area contributed by atoms with Crippen LogP contribution in [0.15, 0.2) is 11.0 Å². The van der Waals surface area contributed by atoms with Crippen molar-refractivity contribution in [1.82, 2.24) is 9.55 Å². The summed E-state index contributed by atoms with van der Waals surface area (Å²) in [5, 5.41) is 17.9. The van der Waals surface area contributed by atoms with Crippen molar-refractivity contribution in [2.75, 3.05) is 12.3 Å². The van der Waals surface area contributed by atoms with Crippen molar-refractivity contribution in [3.63, 3.8) is 0 Å². The van der Waals surface area contributed by atoms with Gasteiger partial charge in [0, 0.05) is 11.8 Å². The van der Waals surface area contributed by atoms with Crippen LogP contribution in [0.25, 0.3) is 0 Å². The van der Waals surface area contributed by atoms with Crippen LogP contribution in [0.1, 0.15) is 10.9 Å². The van der Waals surface area contributed by atoms with Gasteiger partial charge in [-0.05, 0) is 6.92 Å². The minimum absolute atomic E-state index is 0. The molecule has 0 aliphatic carbocycles. The molecule has 2 unspecified atom stereocenters. The van der Waals surface area contributed by atoms with Gasteiger partial charge >= 0.3 is 124 Å². The maximum Gasteiger partial charge on any atom is 1.00 e. The van der Waals surface area contributed by atoms with E-state index in [0.717, 1.165) is 4.57 Å². The van der Waals surface area contributed by atoms with Gasteiger partial charge in [0.1, 0.15) is 17.3 Å². The van der Waals surface area contributed by atoms with E-state index in [9.17, 15) is 48.3 Å². The molecule has 0 aromatic carbocycles. The van der Waals surface area contributed by atoms with Gasteiger partial charge in [-0.1, -0.05) is 0 Å². The van der Waals surface area contributed by atoms with E-state index in [0.29, 0.717) is 17.3 Å². The van der Waals surface area contributed by atoms with E-state index in [2.05, 4.69) is 18.1 Å². The van der Waals surface area contributed by atoms with Crippen molar-refractivity contribution in [1.29, 1.82) is 0 Å². The minimum atomic E-state index is -6.13. The largest absolute Gasteiger partial charge is 1.00 e. The summed E-state index contributed by atoms with van der Waals surface area (Å²) in [6, 6.07) is 0. The Labute approximate surface area is 285 Å². The van der Waals surface area contributed by atoms with Crippen molar-refractivity contribution in [2.45, 2.75) is 29.8 Å². The molecule has 1 aliphatic rings. The van der Waals surface area contributed by atoms with Crippen molar-refractivity contribution >= 4 is 41.0 Å². The van der Waals surface area contributed by atoms with Crippen LogP contribution < -0.4 is 149 Å². The molecule has 0 radical (unpaired) electrons. The number of aryl methyl sites for hydroxylation is 1. The van der Waals surface area contributed by atoms with Crippen LogP contribution in [0, 0.1) is 6.92 Å². The van der Waals surface area contributed by atoms with E-state index < -0.39 is 58.6 Å². The monoisotopic (exact) mass is 601 g/mol. The second-order valence-corrected chi connectivity index (χ2v) is 11.5. The molecule has 2 heterocycles. The zero-order valence-corrected chi connectivity index (χ0v) is 30.2. The topological polar surface area (TPSA) is 273 Å². The normalized spacial score (nSPS) is 25.4. The molecular weight excluding hydrogens is 587 g/mol. The number of hydrogen-bond acceptors (Lipinski definition) is 16.